The molecule has 17 heavy (non-hydrogen) atoms. The summed E-state index contributed by atoms with van der Waals surface area (Å²) in [6, 6.07) is 0. The van der Waals surface area contributed by atoms with Crippen LogP contribution in [0.15, 0.2) is 12.2 Å². The van der Waals surface area contributed by atoms with Crippen LogP contribution in [-0.4, -0.2) is 23.1 Å². The maximum absolute atomic E-state index is 10.9. The highest BCUT2D eigenvalue weighted by Crippen LogP contribution is 2.28. The number of hydrogen-bond donors (Lipinski definition) is 1. The maximum atomic E-state index is 10.9. The summed E-state index contributed by atoms with van der Waals surface area (Å²) in [6.07, 6.45) is 6.24. The van der Waals surface area contributed by atoms with Crippen molar-refractivity contribution in [3.8, 4) is 0 Å². The summed E-state index contributed by atoms with van der Waals surface area (Å²) in [4.78, 5) is 21.7. The Morgan fingerprint density at radius 2 is 2.12 bits per heavy atom. The third kappa shape index (κ3) is 5.02. The van der Waals surface area contributed by atoms with Crippen LogP contribution in [-0.2, 0) is 14.3 Å². The van der Waals surface area contributed by atoms with Crippen LogP contribution >= 0.6 is 0 Å². The normalized spacial score (nSPS) is 31.1. The molecule has 1 unspecified atom stereocenters. The predicted molar refractivity (Wildman–Crippen MR) is 63.5 cm³/mol. The standard InChI is InChI=1S/C13H20O4/c1-9-4-3-5-12(17-10(2)14)7-6-11(9)8-13(15)16/h3,5,9,11-12H,4,6-8H2,1-2H3,(H,15,16)/b5-3+/t9?,11-,12+/m0/s1. The zero-order valence-electron chi connectivity index (χ0n) is 10.4. The molecule has 0 heterocycles. The molecule has 0 bridgehead atoms. The molecule has 0 fully saturated rings. The second-order valence-corrected chi connectivity index (χ2v) is 4.72. The summed E-state index contributed by atoms with van der Waals surface area (Å²) in [5.41, 5.74) is 0. The Hall–Kier alpha value is -1.32. The number of ether oxygens (including phenoxy) is 1. The minimum atomic E-state index is -0.754. The first kappa shape index (κ1) is 13.7. The molecule has 96 valence electrons. The van der Waals surface area contributed by atoms with Gasteiger partial charge in [0.15, 0.2) is 0 Å². The molecule has 0 aromatic rings. The van der Waals surface area contributed by atoms with Crippen LogP contribution in [0.2, 0.25) is 0 Å². The van der Waals surface area contributed by atoms with Crippen molar-refractivity contribution in [3.63, 3.8) is 0 Å². The molecule has 0 amide bonds. The van der Waals surface area contributed by atoms with Crippen molar-refractivity contribution >= 4 is 11.9 Å². The van der Waals surface area contributed by atoms with E-state index in [4.69, 9.17) is 9.84 Å². The fraction of sp³-hybridized carbons (Fsp3) is 0.692. The molecule has 4 heteroatoms. The van der Waals surface area contributed by atoms with Gasteiger partial charge in [0, 0.05) is 13.3 Å². The van der Waals surface area contributed by atoms with Crippen molar-refractivity contribution in [2.75, 3.05) is 0 Å². The lowest BCUT2D eigenvalue weighted by Gasteiger charge is -2.25. The van der Waals surface area contributed by atoms with Gasteiger partial charge in [-0.15, -0.1) is 0 Å². The van der Waals surface area contributed by atoms with E-state index in [1.807, 2.05) is 12.2 Å². The Morgan fingerprint density at radius 3 is 2.71 bits per heavy atom. The first-order valence-electron chi connectivity index (χ1n) is 6.04. The highest BCUT2D eigenvalue weighted by Gasteiger charge is 2.23. The Balaban J connectivity index is 2.59. The number of hydrogen-bond acceptors (Lipinski definition) is 3. The van der Waals surface area contributed by atoms with Crippen LogP contribution in [0.1, 0.15) is 39.5 Å². The van der Waals surface area contributed by atoms with Gasteiger partial charge < -0.3 is 9.84 Å². The monoisotopic (exact) mass is 240 g/mol. The second kappa shape index (κ2) is 6.42. The van der Waals surface area contributed by atoms with Gasteiger partial charge in [0.1, 0.15) is 6.10 Å². The molecule has 0 aromatic heterocycles. The molecule has 0 aromatic carbocycles. The fourth-order valence-corrected chi connectivity index (χ4v) is 2.24. The van der Waals surface area contributed by atoms with Gasteiger partial charge in [-0.25, -0.2) is 0 Å². The fourth-order valence-electron chi connectivity index (χ4n) is 2.24. The van der Waals surface area contributed by atoms with Gasteiger partial charge in [-0.05, 0) is 37.2 Å². The van der Waals surface area contributed by atoms with Gasteiger partial charge in [0.05, 0.1) is 0 Å². The van der Waals surface area contributed by atoms with Crippen LogP contribution in [0.3, 0.4) is 0 Å². The maximum Gasteiger partial charge on any atom is 0.303 e. The zero-order valence-corrected chi connectivity index (χ0v) is 10.4. The molecule has 4 nitrogen and oxygen atoms in total. The quantitative estimate of drug-likeness (QED) is 0.607. The van der Waals surface area contributed by atoms with Crippen molar-refractivity contribution in [3.05, 3.63) is 12.2 Å². The number of rotatable bonds is 3. The molecule has 1 aliphatic carbocycles. The van der Waals surface area contributed by atoms with Gasteiger partial charge in [-0.2, -0.15) is 0 Å². The third-order valence-corrected chi connectivity index (χ3v) is 3.24. The minimum Gasteiger partial charge on any atom is -0.481 e. The van der Waals surface area contributed by atoms with Crippen molar-refractivity contribution in [2.45, 2.75) is 45.6 Å². The number of aliphatic carboxylic acids is 1. The van der Waals surface area contributed by atoms with Crippen LogP contribution < -0.4 is 0 Å². The molecule has 3 atom stereocenters. The molecule has 0 radical (unpaired) electrons. The van der Waals surface area contributed by atoms with Gasteiger partial charge >= 0.3 is 11.9 Å². The van der Waals surface area contributed by atoms with Gasteiger partial charge in [-0.3, -0.25) is 9.59 Å². The van der Waals surface area contributed by atoms with E-state index in [2.05, 4.69) is 6.92 Å². The Kier molecular flexibility index (Phi) is 5.19. The van der Waals surface area contributed by atoms with E-state index in [1.54, 1.807) is 0 Å². The lowest BCUT2D eigenvalue weighted by atomic mass is 9.82. The smallest absolute Gasteiger partial charge is 0.303 e. The van der Waals surface area contributed by atoms with Crippen molar-refractivity contribution in [2.24, 2.45) is 11.8 Å². The molecular weight excluding hydrogens is 220 g/mol. The summed E-state index contributed by atoms with van der Waals surface area (Å²) in [5, 5.41) is 8.85. The van der Waals surface area contributed by atoms with Crippen LogP contribution in [0.4, 0.5) is 0 Å². The van der Waals surface area contributed by atoms with E-state index in [-0.39, 0.29) is 24.4 Å². The molecule has 1 aliphatic rings. The molecular formula is C13H20O4. The number of carbonyl (C=O) groups is 2. The second-order valence-electron chi connectivity index (χ2n) is 4.72. The van der Waals surface area contributed by atoms with Crippen molar-refractivity contribution < 1.29 is 19.4 Å². The highest BCUT2D eigenvalue weighted by atomic mass is 16.5. The van der Waals surface area contributed by atoms with E-state index in [1.165, 1.54) is 6.92 Å². The first-order valence-corrected chi connectivity index (χ1v) is 6.04. The summed E-state index contributed by atoms with van der Waals surface area (Å²) >= 11 is 0. The molecule has 0 aliphatic heterocycles. The van der Waals surface area contributed by atoms with Crippen LogP contribution in [0.5, 0.6) is 0 Å². The molecule has 0 saturated heterocycles. The summed E-state index contributed by atoms with van der Waals surface area (Å²) < 4.78 is 5.14. The molecule has 0 saturated carbocycles. The zero-order chi connectivity index (χ0) is 12.8. The Labute approximate surface area is 102 Å². The number of carboxylic acids is 1. The van der Waals surface area contributed by atoms with Crippen LogP contribution in [0, 0.1) is 11.8 Å². The van der Waals surface area contributed by atoms with E-state index in [0.29, 0.717) is 12.3 Å². The van der Waals surface area contributed by atoms with Crippen molar-refractivity contribution in [1.82, 2.24) is 0 Å². The largest absolute Gasteiger partial charge is 0.481 e. The molecule has 0 spiro atoms. The predicted octanol–water partition coefficient (Wildman–Crippen LogP) is 2.39. The third-order valence-electron chi connectivity index (χ3n) is 3.24. The van der Waals surface area contributed by atoms with E-state index in [9.17, 15) is 9.59 Å². The first-order chi connectivity index (χ1) is 7.99. The number of allylic oxidation sites excluding steroid dienone is 1. The SMILES string of the molecule is CC(=O)O[C@@H]1/C=C/CC(C)[C@H](CC(=O)O)CC1. The van der Waals surface area contributed by atoms with E-state index >= 15 is 0 Å². The van der Waals surface area contributed by atoms with E-state index < -0.39 is 5.97 Å². The lowest BCUT2D eigenvalue weighted by molar-refractivity contribution is -0.145. The van der Waals surface area contributed by atoms with Gasteiger partial charge in [-0.1, -0.05) is 13.0 Å². The van der Waals surface area contributed by atoms with Gasteiger partial charge in [0.25, 0.3) is 0 Å². The minimum absolute atomic E-state index is 0.163. The molecule has 1 N–H and O–H groups in total. The number of carbonyl (C=O) groups excluding carboxylic acids is 1. The number of esters is 1. The Morgan fingerprint density at radius 1 is 1.41 bits per heavy atom. The van der Waals surface area contributed by atoms with Crippen LogP contribution in [0.25, 0.3) is 0 Å². The summed E-state index contributed by atoms with van der Waals surface area (Å²) in [6.45, 7) is 3.47. The number of carboxylic acid groups (broad SMARTS) is 1. The summed E-state index contributed by atoms with van der Waals surface area (Å²) in [7, 11) is 0. The highest BCUT2D eigenvalue weighted by molar-refractivity contribution is 5.67. The topological polar surface area (TPSA) is 63.6 Å². The van der Waals surface area contributed by atoms with E-state index in [0.717, 1.165) is 12.8 Å². The Bertz CT molecular complexity index is 309. The van der Waals surface area contributed by atoms with Gasteiger partial charge in [0.2, 0.25) is 0 Å². The average Bonchev–Trinajstić information content (AvgIpc) is 2.20. The summed E-state index contributed by atoms with van der Waals surface area (Å²) in [5.74, 6) is -0.519. The molecule has 1 rings (SSSR count). The van der Waals surface area contributed by atoms with Crippen molar-refractivity contribution in [1.29, 1.82) is 0 Å². The average molecular weight is 240 g/mol. The lowest BCUT2D eigenvalue weighted by Crippen LogP contribution is -2.22.